The highest BCUT2D eigenvalue weighted by Gasteiger charge is 2.39. The molecule has 0 spiro atoms. The highest BCUT2D eigenvalue weighted by atomic mass is 79.9. The van der Waals surface area contributed by atoms with Crippen LogP contribution in [-0.4, -0.2) is 10.9 Å². The molecular weight excluding hydrogens is 429 g/mol. The molecule has 1 aromatic heterocycles. The molecule has 1 amide bonds. The molecule has 134 valence electrons. The average Bonchev–Trinajstić information content (AvgIpc) is 3.05. The van der Waals surface area contributed by atoms with Gasteiger partial charge >= 0.3 is 6.18 Å². The van der Waals surface area contributed by atoms with E-state index in [1.165, 1.54) is 0 Å². The third-order valence-corrected chi connectivity index (χ3v) is 5.53. The standard InChI is InChI=1S/C18H12BrF3N2OS/c1-10-9-12(7-8-13(10)19)23-16(25)14-15(18(20,21)22)24-17(26-14)11-5-3-2-4-6-11/h2-9H,1H3,(H,23,25). The Labute approximate surface area is 160 Å². The molecule has 26 heavy (non-hydrogen) atoms. The Hall–Kier alpha value is -2.19. The van der Waals surface area contributed by atoms with Gasteiger partial charge in [0.05, 0.1) is 0 Å². The second kappa shape index (κ2) is 7.20. The van der Waals surface area contributed by atoms with Crippen molar-refractivity contribution in [2.75, 3.05) is 5.32 Å². The van der Waals surface area contributed by atoms with E-state index in [9.17, 15) is 18.0 Å². The second-order valence-electron chi connectivity index (χ2n) is 5.48. The summed E-state index contributed by atoms with van der Waals surface area (Å²) < 4.78 is 40.9. The summed E-state index contributed by atoms with van der Waals surface area (Å²) in [5, 5.41) is 2.66. The summed E-state index contributed by atoms with van der Waals surface area (Å²) in [6, 6.07) is 13.5. The molecule has 0 aliphatic heterocycles. The number of nitrogens with zero attached hydrogens (tertiary/aromatic N) is 1. The van der Waals surface area contributed by atoms with E-state index in [0.717, 1.165) is 21.4 Å². The van der Waals surface area contributed by atoms with Gasteiger partial charge in [-0.15, -0.1) is 11.3 Å². The van der Waals surface area contributed by atoms with Gasteiger partial charge in [0.2, 0.25) is 0 Å². The summed E-state index contributed by atoms with van der Waals surface area (Å²) in [6.45, 7) is 1.82. The number of aryl methyl sites for hydroxylation is 1. The summed E-state index contributed by atoms with van der Waals surface area (Å²) in [5.41, 5.74) is 0.626. The number of hydrogen-bond donors (Lipinski definition) is 1. The summed E-state index contributed by atoms with van der Waals surface area (Å²) in [4.78, 5) is 15.7. The van der Waals surface area contributed by atoms with Crippen LogP contribution in [0, 0.1) is 6.92 Å². The number of nitrogens with one attached hydrogen (secondary N) is 1. The molecule has 1 heterocycles. The Morgan fingerprint density at radius 2 is 1.85 bits per heavy atom. The third-order valence-electron chi connectivity index (χ3n) is 3.54. The van der Waals surface area contributed by atoms with Crippen molar-refractivity contribution in [3.8, 4) is 10.6 Å². The lowest BCUT2D eigenvalue weighted by molar-refractivity contribution is -0.140. The van der Waals surface area contributed by atoms with E-state index < -0.39 is 22.7 Å². The average molecular weight is 441 g/mol. The molecule has 0 radical (unpaired) electrons. The number of alkyl halides is 3. The van der Waals surface area contributed by atoms with Gasteiger partial charge in [-0.3, -0.25) is 4.79 Å². The first kappa shape index (κ1) is 18.6. The van der Waals surface area contributed by atoms with E-state index in [4.69, 9.17) is 0 Å². The van der Waals surface area contributed by atoms with E-state index in [1.807, 2.05) is 6.92 Å². The molecule has 2 aromatic carbocycles. The first-order valence-electron chi connectivity index (χ1n) is 7.46. The van der Waals surface area contributed by atoms with Gasteiger partial charge in [-0.2, -0.15) is 13.2 Å². The Bertz CT molecular complexity index is 955. The van der Waals surface area contributed by atoms with Crippen molar-refractivity contribution < 1.29 is 18.0 Å². The molecule has 0 atom stereocenters. The quantitative estimate of drug-likeness (QED) is 0.530. The van der Waals surface area contributed by atoms with Gasteiger partial charge in [0.25, 0.3) is 5.91 Å². The molecule has 1 N–H and O–H groups in total. The van der Waals surface area contributed by atoms with Gasteiger partial charge in [0, 0.05) is 15.7 Å². The monoisotopic (exact) mass is 440 g/mol. The summed E-state index contributed by atoms with van der Waals surface area (Å²) in [7, 11) is 0. The summed E-state index contributed by atoms with van der Waals surface area (Å²) in [5.74, 6) is -0.835. The topological polar surface area (TPSA) is 42.0 Å². The lowest BCUT2D eigenvalue weighted by Gasteiger charge is -2.08. The molecule has 0 fully saturated rings. The Balaban J connectivity index is 1.98. The predicted molar refractivity (Wildman–Crippen MR) is 99.4 cm³/mol. The van der Waals surface area contributed by atoms with Crippen LogP contribution < -0.4 is 5.32 Å². The number of hydrogen-bond acceptors (Lipinski definition) is 3. The summed E-state index contributed by atoms with van der Waals surface area (Å²) in [6.07, 6.45) is -4.72. The Morgan fingerprint density at radius 1 is 1.15 bits per heavy atom. The third kappa shape index (κ3) is 3.96. The Morgan fingerprint density at radius 3 is 2.46 bits per heavy atom. The first-order valence-corrected chi connectivity index (χ1v) is 9.07. The van der Waals surface area contributed by atoms with Crippen molar-refractivity contribution >= 4 is 38.9 Å². The maximum atomic E-state index is 13.4. The van der Waals surface area contributed by atoms with Crippen LogP contribution in [0.2, 0.25) is 0 Å². The van der Waals surface area contributed by atoms with Crippen molar-refractivity contribution in [3.63, 3.8) is 0 Å². The number of thiazole rings is 1. The first-order chi connectivity index (χ1) is 12.3. The van der Waals surface area contributed by atoms with Crippen LogP contribution in [-0.2, 0) is 6.18 Å². The maximum absolute atomic E-state index is 13.4. The number of anilines is 1. The molecule has 0 saturated heterocycles. The van der Waals surface area contributed by atoms with Crippen molar-refractivity contribution in [3.05, 3.63) is 69.1 Å². The zero-order valence-electron chi connectivity index (χ0n) is 13.4. The van der Waals surface area contributed by atoms with Gasteiger partial charge < -0.3 is 5.32 Å². The van der Waals surface area contributed by atoms with Crippen LogP contribution >= 0.6 is 27.3 Å². The van der Waals surface area contributed by atoms with E-state index in [-0.39, 0.29) is 5.01 Å². The van der Waals surface area contributed by atoms with Crippen molar-refractivity contribution in [2.24, 2.45) is 0 Å². The second-order valence-corrected chi connectivity index (χ2v) is 7.33. The number of amides is 1. The molecule has 3 rings (SSSR count). The zero-order chi connectivity index (χ0) is 18.9. The smallest absolute Gasteiger partial charge is 0.321 e. The lowest BCUT2D eigenvalue weighted by atomic mass is 10.2. The Kier molecular flexibility index (Phi) is 5.15. The predicted octanol–water partition coefficient (Wildman–Crippen LogP) is 6.15. The van der Waals surface area contributed by atoms with E-state index in [0.29, 0.717) is 11.3 Å². The van der Waals surface area contributed by atoms with Crippen molar-refractivity contribution in [1.29, 1.82) is 0 Å². The number of carbonyl (C=O) groups is 1. The van der Waals surface area contributed by atoms with E-state index in [1.54, 1.807) is 48.5 Å². The zero-order valence-corrected chi connectivity index (χ0v) is 15.8. The highest BCUT2D eigenvalue weighted by molar-refractivity contribution is 9.10. The van der Waals surface area contributed by atoms with Crippen LogP contribution in [0.4, 0.5) is 18.9 Å². The molecule has 0 aliphatic rings. The minimum absolute atomic E-state index is 0.148. The number of rotatable bonds is 3. The van der Waals surface area contributed by atoms with Crippen molar-refractivity contribution in [2.45, 2.75) is 13.1 Å². The highest BCUT2D eigenvalue weighted by Crippen LogP contribution is 2.38. The van der Waals surface area contributed by atoms with Crippen LogP contribution in [0.3, 0.4) is 0 Å². The molecular formula is C18H12BrF3N2OS. The van der Waals surface area contributed by atoms with E-state index in [2.05, 4.69) is 26.2 Å². The van der Waals surface area contributed by atoms with Crippen LogP contribution in [0.25, 0.3) is 10.6 Å². The van der Waals surface area contributed by atoms with Gasteiger partial charge in [0.15, 0.2) is 5.69 Å². The summed E-state index contributed by atoms with van der Waals surface area (Å²) >= 11 is 4.06. The SMILES string of the molecule is Cc1cc(NC(=O)c2sc(-c3ccccc3)nc2C(F)(F)F)ccc1Br. The fourth-order valence-electron chi connectivity index (χ4n) is 2.28. The normalized spacial score (nSPS) is 11.4. The van der Waals surface area contributed by atoms with Crippen LogP contribution in [0.5, 0.6) is 0 Å². The lowest BCUT2D eigenvalue weighted by Crippen LogP contribution is -2.17. The fourth-order valence-corrected chi connectivity index (χ4v) is 3.51. The maximum Gasteiger partial charge on any atom is 0.435 e. The molecule has 0 bridgehead atoms. The van der Waals surface area contributed by atoms with Crippen LogP contribution in [0.1, 0.15) is 20.9 Å². The number of carbonyl (C=O) groups excluding carboxylic acids is 1. The molecule has 0 aliphatic carbocycles. The minimum Gasteiger partial charge on any atom is -0.321 e. The van der Waals surface area contributed by atoms with Gasteiger partial charge in [0.1, 0.15) is 9.88 Å². The fraction of sp³-hybridized carbons (Fsp3) is 0.111. The minimum atomic E-state index is -4.72. The molecule has 8 heteroatoms. The van der Waals surface area contributed by atoms with Gasteiger partial charge in [-0.05, 0) is 30.7 Å². The van der Waals surface area contributed by atoms with Gasteiger partial charge in [-0.1, -0.05) is 46.3 Å². The molecule has 0 saturated carbocycles. The number of aromatic nitrogens is 1. The van der Waals surface area contributed by atoms with E-state index >= 15 is 0 Å². The van der Waals surface area contributed by atoms with Gasteiger partial charge in [-0.25, -0.2) is 4.98 Å². The largest absolute Gasteiger partial charge is 0.435 e. The van der Waals surface area contributed by atoms with Crippen LogP contribution in [0.15, 0.2) is 53.0 Å². The number of halogens is 4. The molecule has 0 unspecified atom stereocenters. The number of benzene rings is 2. The van der Waals surface area contributed by atoms with Crippen molar-refractivity contribution in [1.82, 2.24) is 4.98 Å². The molecule has 3 aromatic rings. The molecule has 3 nitrogen and oxygen atoms in total.